The van der Waals surface area contributed by atoms with E-state index in [9.17, 15) is 0 Å². The second-order valence-corrected chi connectivity index (χ2v) is 3.71. The van der Waals surface area contributed by atoms with Gasteiger partial charge in [-0.1, -0.05) is 6.92 Å². The monoisotopic (exact) mass is 239 g/mol. The van der Waals surface area contributed by atoms with Crippen molar-refractivity contribution in [3.63, 3.8) is 0 Å². The first kappa shape index (κ1) is 14.0. The highest BCUT2D eigenvalue weighted by molar-refractivity contribution is 5.04. The molecule has 0 spiro atoms. The van der Waals surface area contributed by atoms with Crippen LogP contribution in [-0.4, -0.2) is 37.3 Å². The van der Waals surface area contributed by atoms with Gasteiger partial charge in [0.2, 0.25) is 0 Å². The molecule has 0 aliphatic heterocycles. The Balaban J connectivity index is 2.53. The minimum Gasteiger partial charge on any atom is -0.383 e. The van der Waals surface area contributed by atoms with Crippen molar-refractivity contribution in [3.8, 4) is 0 Å². The summed E-state index contributed by atoms with van der Waals surface area (Å²) < 4.78 is 10.3. The van der Waals surface area contributed by atoms with E-state index in [4.69, 9.17) is 9.47 Å². The van der Waals surface area contributed by atoms with Crippen molar-refractivity contribution in [3.05, 3.63) is 23.8 Å². The van der Waals surface area contributed by atoms with Crippen molar-refractivity contribution >= 4 is 0 Å². The molecule has 1 atom stereocenters. The smallest absolute Gasteiger partial charge is 0.157 e. The molecule has 0 saturated carbocycles. The van der Waals surface area contributed by atoms with E-state index in [2.05, 4.69) is 22.2 Å². The van der Waals surface area contributed by atoms with Crippen molar-refractivity contribution in [1.82, 2.24) is 15.3 Å². The normalized spacial score (nSPS) is 12.6. The molecule has 0 aliphatic carbocycles. The third-order valence-electron chi connectivity index (χ3n) is 2.46. The van der Waals surface area contributed by atoms with Crippen LogP contribution in [-0.2, 0) is 16.0 Å². The third-order valence-corrected chi connectivity index (χ3v) is 2.46. The van der Waals surface area contributed by atoms with Crippen LogP contribution < -0.4 is 5.32 Å². The Labute approximate surface area is 103 Å². The van der Waals surface area contributed by atoms with Gasteiger partial charge in [0.15, 0.2) is 5.82 Å². The van der Waals surface area contributed by atoms with E-state index < -0.39 is 0 Å². The van der Waals surface area contributed by atoms with Gasteiger partial charge in [0.1, 0.15) is 6.10 Å². The van der Waals surface area contributed by atoms with Crippen LogP contribution in [0.3, 0.4) is 0 Å². The Bertz CT molecular complexity index is 316. The second-order valence-electron chi connectivity index (χ2n) is 3.71. The van der Waals surface area contributed by atoms with Crippen molar-refractivity contribution < 1.29 is 9.47 Å². The van der Waals surface area contributed by atoms with Crippen LogP contribution in [0.4, 0.5) is 0 Å². The number of aromatic nitrogens is 2. The molecule has 0 bridgehead atoms. The van der Waals surface area contributed by atoms with Crippen LogP contribution >= 0.6 is 0 Å². The number of nitrogens with one attached hydrogen (secondary N) is 1. The minimum absolute atomic E-state index is 0.0195. The molecule has 1 heterocycles. The molecule has 0 aliphatic rings. The van der Waals surface area contributed by atoms with Crippen LogP contribution in [0.15, 0.2) is 12.3 Å². The zero-order chi connectivity index (χ0) is 12.5. The van der Waals surface area contributed by atoms with Crippen LogP contribution in [0, 0.1) is 0 Å². The van der Waals surface area contributed by atoms with Gasteiger partial charge in [-0.2, -0.15) is 0 Å². The molecule has 1 aromatic heterocycles. The molecule has 1 rings (SSSR count). The van der Waals surface area contributed by atoms with E-state index in [-0.39, 0.29) is 6.10 Å². The molecular weight excluding hydrogens is 218 g/mol. The van der Waals surface area contributed by atoms with E-state index >= 15 is 0 Å². The second kappa shape index (κ2) is 8.11. The molecule has 1 aromatic rings. The highest BCUT2D eigenvalue weighted by Gasteiger charge is 2.11. The maximum absolute atomic E-state index is 5.32. The lowest BCUT2D eigenvalue weighted by molar-refractivity contribution is 0.0923. The summed E-state index contributed by atoms with van der Waals surface area (Å²) in [4.78, 5) is 8.71. The highest BCUT2D eigenvalue weighted by atomic mass is 16.5. The summed E-state index contributed by atoms with van der Waals surface area (Å²) in [6.45, 7) is 4.30. The van der Waals surface area contributed by atoms with Crippen molar-refractivity contribution in [2.75, 3.05) is 27.4 Å². The zero-order valence-electron chi connectivity index (χ0n) is 10.8. The van der Waals surface area contributed by atoms with Gasteiger partial charge in [0.05, 0.1) is 12.3 Å². The van der Waals surface area contributed by atoms with Crippen LogP contribution in [0.5, 0.6) is 0 Å². The number of hydrogen-bond donors (Lipinski definition) is 1. The first-order valence-corrected chi connectivity index (χ1v) is 5.86. The molecule has 0 radical (unpaired) electrons. The first-order chi connectivity index (χ1) is 8.31. The largest absolute Gasteiger partial charge is 0.383 e. The molecule has 17 heavy (non-hydrogen) atoms. The van der Waals surface area contributed by atoms with Gasteiger partial charge in [0, 0.05) is 33.5 Å². The highest BCUT2D eigenvalue weighted by Crippen LogP contribution is 2.15. The van der Waals surface area contributed by atoms with Crippen LogP contribution in [0.25, 0.3) is 0 Å². The summed E-state index contributed by atoms with van der Waals surface area (Å²) >= 11 is 0. The lowest BCUT2D eigenvalue weighted by atomic mass is 10.2. The van der Waals surface area contributed by atoms with E-state index in [1.807, 2.05) is 6.07 Å². The lowest BCUT2D eigenvalue weighted by Gasteiger charge is -2.12. The summed E-state index contributed by atoms with van der Waals surface area (Å²) in [6, 6.07) is 1.91. The fourth-order valence-corrected chi connectivity index (χ4v) is 1.51. The predicted molar refractivity (Wildman–Crippen MR) is 65.7 cm³/mol. The molecule has 5 nitrogen and oxygen atoms in total. The summed E-state index contributed by atoms with van der Waals surface area (Å²) in [6.07, 6.45) is 2.63. The lowest BCUT2D eigenvalue weighted by Crippen LogP contribution is -2.20. The summed E-state index contributed by atoms with van der Waals surface area (Å²) in [5.41, 5.74) is 0.974. The molecule has 0 aromatic carbocycles. The number of methoxy groups -OCH3 is 2. The topological polar surface area (TPSA) is 56.3 Å². The van der Waals surface area contributed by atoms with Gasteiger partial charge < -0.3 is 14.8 Å². The van der Waals surface area contributed by atoms with E-state index in [1.54, 1.807) is 20.4 Å². The fraction of sp³-hybridized carbons (Fsp3) is 0.667. The van der Waals surface area contributed by atoms with Gasteiger partial charge >= 0.3 is 0 Å². The van der Waals surface area contributed by atoms with Gasteiger partial charge in [-0.25, -0.2) is 9.97 Å². The summed E-state index contributed by atoms with van der Waals surface area (Å²) in [7, 11) is 3.37. The zero-order valence-corrected chi connectivity index (χ0v) is 10.8. The summed E-state index contributed by atoms with van der Waals surface area (Å²) in [5, 5.41) is 3.25. The van der Waals surface area contributed by atoms with Gasteiger partial charge in [0.25, 0.3) is 0 Å². The number of rotatable bonds is 8. The van der Waals surface area contributed by atoms with Crippen LogP contribution in [0.2, 0.25) is 0 Å². The number of ether oxygens (including phenoxy) is 2. The quantitative estimate of drug-likeness (QED) is 0.693. The number of hydrogen-bond acceptors (Lipinski definition) is 5. The maximum Gasteiger partial charge on any atom is 0.157 e. The SMILES string of the molecule is CCC(OC)c1nccc(CNCCOC)n1. The van der Waals surface area contributed by atoms with Crippen molar-refractivity contribution in [1.29, 1.82) is 0 Å². The van der Waals surface area contributed by atoms with Gasteiger partial charge in [-0.15, -0.1) is 0 Å². The van der Waals surface area contributed by atoms with E-state index in [0.29, 0.717) is 6.61 Å². The Kier molecular flexibility index (Phi) is 6.69. The molecule has 96 valence electrons. The standard InChI is InChI=1S/C12H21N3O2/c1-4-11(17-3)12-14-6-5-10(15-12)9-13-7-8-16-2/h5-6,11,13H,4,7-9H2,1-3H3. The molecular formula is C12H21N3O2. The third kappa shape index (κ3) is 4.77. The predicted octanol–water partition coefficient (Wildman–Crippen LogP) is 1.31. The van der Waals surface area contributed by atoms with E-state index in [0.717, 1.165) is 31.0 Å². The van der Waals surface area contributed by atoms with Crippen molar-refractivity contribution in [2.24, 2.45) is 0 Å². The fourth-order valence-electron chi connectivity index (χ4n) is 1.51. The average molecular weight is 239 g/mol. The molecule has 1 N–H and O–H groups in total. The molecule has 0 amide bonds. The van der Waals surface area contributed by atoms with E-state index in [1.165, 1.54) is 0 Å². The van der Waals surface area contributed by atoms with Gasteiger partial charge in [-0.3, -0.25) is 0 Å². The van der Waals surface area contributed by atoms with Crippen molar-refractivity contribution in [2.45, 2.75) is 26.0 Å². The maximum atomic E-state index is 5.32. The molecule has 1 unspecified atom stereocenters. The number of nitrogens with zero attached hydrogens (tertiary/aromatic N) is 2. The molecule has 0 saturated heterocycles. The Morgan fingerprint density at radius 2 is 2.24 bits per heavy atom. The Morgan fingerprint density at radius 3 is 2.88 bits per heavy atom. The Hall–Kier alpha value is -1.04. The first-order valence-electron chi connectivity index (χ1n) is 5.86. The molecule has 5 heteroatoms. The summed E-state index contributed by atoms with van der Waals surface area (Å²) in [5.74, 6) is 0.751. The minimum atomic E-state index is -0.0195. The molecule has 0 fully saturated rings. The average Bonchev–Trinajstić information content (AvgIpc) is 2.37. The van der Waals surface area contributed by atoms with Gasteiger partial charge in [-0.05, 0) is 12.5 Å². The Morgan fingerprint density at radius 1 is 1.41 bits per heavy atom. The van der Waals surface area contributed by atoms with Crippen LogP contribution in [0.1, 0.15) is 31.0 Å².